The Morgan fingerprint density at radius 3 is 2.50 bits per heavy atom. The van der Waals surface area contributed by atoms with Crippen molar-refractivity contribution < 1.29 is 9.47 Å². The van der Waals surface area contributed by atoms with Crippen LogP contribution in [0.1, 0.15) is 72.1 Å². The van der Waals surface area contributed by atoms with Crippen LogP contribution in [0.2, 0.25) is 0 Å². The van der Waals surface area contributed by atoms with Crippen LogP contribution in [-0.4, -0.2) is 18.5 Å². The smallest absolute Gasteiger partial charge is 0.161 e. The molecule has 1 heterocycles. The Morgan fingerprint density at radius 1 is 0.900 bits per heavy atom. The Hall–Kier alpha value is -0.0800. The maximum Gasteiger partial charge on any atom is 0.161 e. The Bertz CT molecular complexity index is 315. The molecule has 7 atom stereocenters. The number of ether oxygens (including phenoxy) is 2. The lowest BCUT2D eigenvalue weighted by Gasteiger charge is -2.45. The molecule has 2 aliphatic carbocycles. The summed E-state index contributed by atoms with van der Waals surface area (Å²) >= 11 is 0. The van der Waals surface area contributed by atoms with E-state index in [1.54, 1.807) is 0 Å². The summed E-state index contributed by atoms with van der Waals surface area (Å²) in [5.74, 6) is 3.02. The van der Waals surface area contributed by atoms with E-state index in [0.29, 0.717) is 18.1 Å². The van der Waals surface area contributed by atoms with E-state index in [-0.39, 0.29) is 6.29 Å². The summed E-state index contributed by atoms with van der Waals surface area (Å²) in [6.45, 7) is 6.86. The molecule has 0 radical (unpaired) electrons. The summed E-state index contributed by atoms with van der Waals surface area (Å²) in [7, 11) is 0. The molecule has 20 heavy (non-hydrogen) atoms. The summed E-state index contributed by atoms with van der Waals surface area (Å²) in [6.07, 6.45) is 11.8. The van der Waals surface area contributed by atoms with E-state index in [0.717, 1.165) is 17.8 Å². The molecule has 0 bridgehead atoms. The first-order chi connectivity index (χ1) is 9.65. The minimum absolute atomic E-state index is 0.0411. The van der Waals surface area contributed by atoms with Gasteiger partial charge in [0.2, 0.25) is 0 Å². The standard InChI is InChI=1S/C18H32O2/c1-12-11-13(2)19-18(14(12)3)20-17-10-6-8-15-7-4-5-9-16(15)17/h12-18H,4-11H2,1-3H3/t12?,13?,14-,15-,16-,17+,18+/m1/s1. The van der Waals surface area contributed by atoms with Crippen LogP contribution in [-0.2, 0) is 9.47 Å². The van der Waals surface area contributed by atoms with Crippen molar-refractivity contribution in [1.29, 1.82) is 0 Å². The van der Waals surface area contributed by atoms with Gasteiger partial charge in [-0.25, -0.2) is 0 Å². The van der Waals surface area contributed by atoms with E-state index in [4.69, 9.17) is 9.47 Å². The minimum Gasteiger partial charge on any atom is -0.349 e. The number of fused-ring (bicyclic) bond motifs is 1. The fourth-order valence-corrected chi connectivity index (χ4v) is 4.79. The third kappa shape index (κ3) is 3.06. The van der Waals surface area contributed by atoms with E-state index in [2.05, 4.69) is 20.8 Å². The van der Waals surface area contributed by atoms with Gasteiger partial charge in [-0.05, 0) is 50.4 Å². The van der Waals surface area contributed by atoms with E-state index in [1.807, 2.05) is 0 Å². The Balaban J connectivity index is 1.63. The second-order valence-electron chi connectivity index (χ2n) is 7.70. The van der Waals surface area contributed by atoms with E-state index in [9.17, 15) is 0 Å². The monoisotopic (exact) mass is 280 g/mol. The third-order valence-corrected chi connectivity index (χ3v) is 6.21. The van der Waals surface area contributed by atoms with Gasteiger partial charge in [-0.3, -0.25) is 0 Å². The molecule has 1 aliphatic heterocycles. The third-order valence-electron chi connectivity index (χ3n) is 6.21. The molecule has 0 aromatic carbocycles. The van der Waals surface area contributed by atoms with Gasteiger partial charge in [-0.15, -0.1) is 0 Å². The summed E-state index contributed by atoms with van der Waals surface area (Å²) in [6, 6.07) is 0. The van der Waals surface area contributed by atoms with Crippen molar-refractivity contribution in [3.63, 3.8) is 0 Å². The molecule has 3 rings (SSSR count). The molecule has 2 nitrogen and oxygen atoms in total. The summed E-state index contributed by atoms with van der Waals surface area (Å²) in [5.41, 5.74) is 0. The SMILES string of the molecule is CC1CC(C)[C@@H](C)[C@H](O[C@H]2CCC[C@H]3CCCC[C@H]32)O1. The zero-order valence-electron chi connectivity index (χ0n) is 13.5. The van der Waals surface area contributed by atoms with Crippen LogP contribution in [0.5, 0.6) is 0 Å². The lowest BCUT2D eigenvalue weighted by atomic mass is 9.69. The van der Waals surface area contributed by atoms with Crippen molar-refractivity contribution in [2.45, 2.75) is 90.6 Å². The van der Waals surface area contributed by atoms with Crippen molar-refractivity contribution in [3.8, 4) is 0 Å². The van der Waals surface area contributed by atoms with Gasteiger partial charge in [0, 0.05) is 5.92 Å². The molecular weight excluding hydrogens is 248 g/mol. The van der Waals surface area contributed by atoms with Crippen LogP contribution in [0.3, 0.4) is 0 Å². The summed E-state index contributed by atoms with van der Waals surface area (Å²) in [5, 5.41) is 0. The normalized spacial score (nSPS) is 49.6. The van der Waals surface area contributed by atoms with Crippen LogP contribution in [0.4, 0.5) is 0 Å². The van der Waals surface area contributed by atoms with E-state index < -0.39 is 0 Å². The van der Waals surface area contributed by atoms with Crippen LogP contribution in [0.25, 0.3) is 0 Å². The van der Waals surface area contributed by atoms with Gasteiger partial charge in [-0.1, -0.05) is 39.5 Å². The van der Waals surface area contributed by atoms with Gasteiger partial charge in [-0.2, -0.15) is 0 Å². The van der Waals surface area contributed by atoms with Gasteiger partial charge in [0.05, 0.1) is 12.2 Å². The molecule has 116 valence electrons. The highest BCUT2D eigenvalue weighted by molar-refractivity contribution is 4.87. The molecule has 0 aromatic heterocycles. The summed E-state index contributed by atoms with van der Waals surface area (Å²) < 4.78 is 12.7. The first kappa shape index (κ1) is 14.8. The number of hydrogen-bond donors (Lipinski definition) is 0. The van der Waals surface area contributed by atoms with E-state index in [1.165, 1.54) is 51.4 Å². The van der Waals surface area contributed by atoms with Crippen molar-refractivity contribution in [3.05, 3.63) is 0 Å². The molecule has 3 aliphatic rings. The highest BCUT2D eigenvalue weighted by Crippen LogP contribution is 2.43. The van der Waals surface area contributed by atoms with Crippen LogP contribution < -0.4 is 0 Å². The highest BCUT2D eigenvalue weighted by Gasteiger charge is 2.40. The Labute approximate surface area is 124 Å². The van der Waals surface area contributed by atoms with Gasteiger partial charge in [0.25, 0.3) is 0 Å². The van der Waals surface area contributed by atoms with Crippen molar-refractivity contribution in [2.75, 3.05) is 0 Å². The predicted molar refractivity (Wildman–Crippen MR) is 81.5 cm³/mol. The summed E-state index contributed by atoms with van der Waals surface area (Å²) in [4.78, 5) is 0. The van der Waals surface area contributed by atoms with Crippen molar-refractivity contribution >= 4 is 0 Å². The van der Waals surface area contributed by atoms with Gasteiger partial charge in [0.1, 0.15) is 0 Å². The highest BCUT2D eigenvalue weighted by atomic mass is 16.7. The molecule has 0 spiro atoms. The second kappa shape index (κ2) is 6.36. The number of hydrogen-bond acceptors (Lipinski definition) is 2. The Morgan fingerprint density at radius 2 is 1.65 bits per heavy atom. The minimum atomic E-state index is 0.0411. The van der Waals surface area contributed by atoms with Crippen molar-refractivity contribution in [2.24, 2.45) is 23.7 Å². The second-order valence-corrected chi connectivity index (χ2v) is 7.70. The average molecular weight is 280 g/mol. The van der Waals surface area contributed by atoms with Gasteiger partial charge < -0.3 is 9.47 Å². The lowest BCUT2D eigenvalue weighted by molar-refractivity contribution is -0.260. The maximum absolute atomic E-state index is 6.53. The molecule has 0 aromatic rings. The molecule has 2 saturated carbocycles. The lowest BCUT2D eigenvalue weighted by Crippen LogP contribution is -2.45. The predicted octanol–water partition coefficient (Wildman–Crippen LogP) is 4.77. The fourth-order valence-electron chi connectivity index (χ4n) is 4.79. The topological polar surface area (TPSA) is 18.5 Å². The van der Waals surface area contributed by atoms with Crippen LogP contribution >= 0.6 is 0 Å². The van der Waals surface area contributed by atoms with E-state index >= 15 is 0 Å². The first-order valence-corrected chi connectivity index (χ1v) is 8.96. The average Bonchev–Trinajstić information content (AvgIpc) is 2.44. The van der Waals surface area contributed by atoms with Crippen LogP contribution in [0, 0.1) is 23.7 Å². The van der Waals surface area contributed by atoms with Crippen LogP contribution in [0.15, 0.2) is 0 Å². The Kier molecular flexibility index (Phi) is 4.72. The zero-order chi connectivity index (χ0) is 14.1. The molecule has 2 unspecified atom stereocenters. The van der Waals surface area contributed by atoms with Crippen molar-refractivity contribution in [1.82, 2.24) is 0 Å². The first-order valence-electron chi connectivity index (χ1n) is 8.96. The zero-order valence-corrected chi connectivity index (χ0v) is 13.5. The fraction of sp³-hybridized carbons (Fsp3) is 1.00. The molecule has 3 fully saturated rings. The number of rotatable bonds is 2. The molecule has 0 N–H and O–H groups in total. The van der Waals surface area contributed by atoms with Gasteiger partial charge in [0.15, 0.2) is 6.29 Å². The molecule has 2 heteroatoms. The maximum atomic E-state index is 6.53. The molecule has 0 amide bonds. The largest absolute Gasteiger partial charge is 0.349 e. The quantitative estimate of drug-likeness (QED) is 0.725. The molecule has 1 saturated heterocycles. The van der Waals surface area contributed by atoms with Gasteiger partial charge >= 0.3 is 0 Å². The molecular formula is C18H32O2.